The fraction of sp³-hybridized carbons (Fsp3) is 0.143. The highest BCUT2D eigenvalue weighted by Gasteiger charge is 2.05. The van der Waals surface area contributed by atoms with Crippen molar-refractivity contribution in [2.75, 3.05) is 0 Å². The van der Waals surface area contributed by atoms with E-state index in [1.54, 1.807) is 6.07 Å². The number of aryl methyl sites for hydroxylation is 2. The molecule has 0 heterocycles. The first-order chi connectivity index (χ1) is 8.88. The molecule has 0 aliphatic heterocycles. The van der Waals surface area contributed by atoms with E-state index in [4.69, 9.17) is 11.6 Å². The minimum absolute atomic E-state index is 0.137. The maximum Gasteiger partial charge on any atom is 0.123 e. The number of benzene rings is 2. The van der Waals surface area contributed by atoms with E-state index in [1.165, 1.54) is 24.3 Å². The van der Waals surface area contributed by atoms with Crippen molar-refractivity contribution >= 4 is 27.3 Å². The molecule has 0 amide bonds. The van der Waals surface area contributed by atoms with Crippen molar-refractivity contribution in [3.05, 3.63) is 63.3 Å². The summed E-state index contributed by atoms with van der Waals surface area (Å²) in [6, 6.07) is 11.5. The van der Waals surface area contributed by atoms with E-state index in [9.17, 15) is 8.42 Å². The van der Waals surface area contributed by atoms with Gasteiger partial charge in [0.05, 0.1) is 4.90 Å². The van der Waals surface area contributed by atoms with E-state index in [-0.39, 0.29) is 4.90 Å². The van der Waals surface area contributed by atoms with Gasteiger partial charge in [-0.1, -0.05) is 40.9 Å². The van der Waals surface area contributed by atoms with Crippen molar-refractivity contribution in [3.63, 3.8) is 0 Å². The molecule has 0 saturated carbocycles. The maximum atomic E-state index is 12.2. The number of hydrogen-bond acceptors (Lipinski definition) is 2. The zero-order chi connectivity index (χ0) is 14.0. The predicted molar refractivity (Wildman–Crippen MR) is 77.6 cm³/mol. The van der Waals surface area contributed by atoms with Gasteiger partial charge in [0.25, 0.3) is 0 Å². The maximum absolute atomic E-state index is 12.2. The van der Waals surface area contributed by atoms with Crippen LogP contribution in [0.3, 0.4) is 0 Å². The standard InChI is InChI=1S/C14H13ClNO2S/c1-10-3-4-11(2)14(9-10)16-19(17,18)13-7-5-12(15)6-8-13/h3-9H,1-2H3/q-1. The van der Waals surface area contributed by atoms with Gasteiger partial charge in [-0.3, -0.25) is 0 Å². The quantitative estimate of drug-likeness (QED) is 0.845. The van der Waals surface area contributed by atoms with Gasteiger partial charge in [0.1, 0.15) is 10.0 Å². The molecule has 0 aliphatic rings. The van der Waals surface area contributed by atoms with Crippen LogP contribution in [0, 0.1) is 13.8 Å². The Labute approximate surface area is 118 Å². The Morgan fingerprint density at radius 3 is 2.26 bits per heavy atom. The second-order valence-electron chi connectivity index (χ2n) is 4.31. The lowest BCUT2D eigenvalue weighted by Crippen LogP contribution is -1.98. The average Bonchev–Trinajstić information content (AvgIpc) is 2.34. The van der Waals surface area contributed by atoms with Gasteiger partial charge in [0, 0.05) is 5.02 Å². The molecular formula is C14H13ClNO2S-. The van der Waals surface area contributed by atoms with Crippen LogP contribution in [0.4, 0.5) is 5.69 Å². The first kappa shape index (κ1) is 13.9. The van der Waals surface area contributed by atoms with Crippen LogP contribution < -0.4 is 0 Å². The molecule has 0 fully saturated rings. The van der Waals surface area contributed by atoms with Crippen molar-refractivity contribution in [1.82, 2.24) is 0 Å². The fourth-order valence-corrected chi connectivity index (χ4v) is 2.77. The first-order valence-corrected chi connectivity index (χ1v) is 7.51. The molecule has 0 aliphatic carbocycles. The molecule has 19 heavy (non-hydrogen) atoms. The molecule has 2 aromatic carbocycles. The molecule has 0 bridgehead atoms. The summed E-state index contributed by atoms with van der Waals surface area (Å²) in [5.41, 5.74) is 2.26. The van der Waals surface area contributed by atoms with Crippen LogP contribution >= 0.6 is 11.6 Å². The Morgan fingerprint density at radius 2 is 1.63 bits per heavy atom. The van der Waals surface area contributed by atoms with Crippen LogP contribution in [0.15, 0.2) is 47.4 Å². The molecule has 2 rings (SSSR count). The lowest BCUT2D eigenvalue weighted by atomic mass is 10.1. The summed E-state index contributed by atoms with van der Waals surface area (Å²) in [7, 11) is -3.70. The Hall–Kier alpha value is -1.52. The lowest BCUT2D eigenvalue weighted by molar-refractivity contribution is 0.603. The zero-order valence-electron chi connectivity index (χ0n) is 10.6. The molecule has 0 spiro atoms. The van der Waals surface area contributed by atoms with Crippen LogP contribution in [0.1, 0.15) is 11.1 Å². The van der Waals surface area contributed by atoms with Gasteiger partial charge in [-0.15, -0.1) is 5.69 Å². The van der Waals surface area contributed by atoms with Gasteiger partial charge < -0.3 is 4.72 Å². The molecule has 5 heteroatoms. The Balaban J connectivity index is 2.36. The topological polar surface area (TPSA) is 48.2 Å². The molecule has 3 nitrogen and oxygen atoms in total. The second-order valence-corrected chi connectivity index (χ2v) is 6.35. The van der Waals surface area contributed by atoms with Crippen LogP contribution in [0.25, 0.3) is 4.72 Å². The summed E-state index contributed by atoms with van der Waals surface area (Å²) >= 11 is 5.74. The van der Waals surface area contributed by atoms with Crippen LogP contribution in [0.2, 0.25) is 5.02 Å². The van der Waals surface area contributed by atoms with E-state index in [0.29, 0.717) is 10.7 Å². The van der Waals surface area contributed by atoms with E-state index < -0.39 is 10.0 Å². The van der Waals surface area contributed by atoms with E-state index >= 15 is 0 Å². The number of sulfonamides is 1. The SMILES string of the molecule is Cc1ccc(C)c([N-]S(=O)(=O)c2ccc(Cl)cc2)c1. The minimum atomic E-state index is -3.70. The van der Waals surface area contributed by atoms with Gasteiger partial charge in [-0.25, -0.2) is 8.42 Å². The first-order valence-electron chi connectivity index (χ1n) is 5.69. The number of rotatable bonds is 3. The summed E-state index contributed by atoms with van der Waals surface area (Å²) < 4.78 is 28.2. The van der Waals surface area contributed by atoms with Gasteiger partial charge in [-0.05, 0) is 38.1 Å². The molecule has 0 aromatic heterocycles. The monoisotopic (exact) mass is 294 g/mol. The highest BCUT2D eigenvalue weighted by Crippen LogP contribution is 2.31. The van der Waals surface area contributed by atoms with Crippen LogP contribution in [-0.4, -0.2) is 8.42 Å². The third-order valence-corrected chi connectivity index (χ3v) is 4.25. The molecule has 0 N–H and O–H groups in total. The summed E-state index contributed by atoms with van der Waals surface area (Å²) in [5.74, 6) is 0. The van der Waals surface area contributed by atoms with Crippen LogP contribution in [-0.2, 0) is 10.0 Å². The van der Waals surface area contributed by atoms with E-state index in [1.807, 2.05) is 26.0 Å². The van der Waals surface area contributed by atoms with Crippen molar-refractivity contribution in [1.29, 1.82) is 0 Å². The van der Waals surface area contributed by atoms with Crippen molar-refractivity contribution < 1.29 is 8.42 Å². The van der Waals surface area contributed by atoms with Gasteiger partial charge in [-0.2, -0.15) is 0 Å². The molecular weight excluding hydrogens is 282 g/mol. The third kappa shape index (κ3) is 3.28. The largest absolute Gasteiger partial charge is 0.572 e. The van der Waals surface area contributed by atoms with E-state index in [0.717, 1.165) is 11.1 Å². The summed E-state index contributed by atoms with van der Waals surface area (Å²) in [6.45, 7) is 3.73. The Bertz CT molecular complexity index is 694. The Kier molecular flexibility index (Phi) is 3.83. The zero-order valence-corrected chi connectivity index (χ0v) is 12.2. The lowest BCUT2D eigenvalue weighted by Gasteiger charge is -2.24. The van der Waals surface area contributed by atoms with Gasteiger partial charge in [0.2, 0.25) is 0 Å². The smallest absolute Gasteiger partial charge is 0.123 e. The summed E-state index contributed by atoms with van der Waals surface area (Å²) in [6.07, 6.45) is 0. The fourth-order valence-electron chi connectivity index (χ4n) is 1.61. The molecule has 0 radical (unpaired) electrons. The number of hydrogen-bond donors (Lipinski definition) is 0. The van der Waals surface area contributed by atoms with Gasteiger partial charge >= 0.3 is 0 Å². The summed E-state index contributed by atoms with van der Waals surface area (Å²) in [4.78, 5) is 0.137. The third-order valence-electron chi connectivity index (χ3n) is 2.69. The predicted octanol–water partition coefficient (Wildman–Crippen LogP) is 4.35. The second kappa shape index (κ2) is 5.23. The highest BCUT2D eigenvalue weighted by atomic mass is 35.5. The van der Waals surface area contributed by atoms with Crippen molar-refractivity contribution in [3.8, 4) is 0 Å². The van der Waals surface area contributed by atoms with Crippen molar-refractivity contribution in [2.45, 2.75) is 18.7 Å². The van der Waals surface area contributed by atoms with Crippen LogP contribution in [0.5, 0.6) is 0 Å². The average molecular weight is 295 g/mol. The molecule has 0 saturated heterocycles. The molecule has 100 valence electrons. The normalized spacial score (nSPS) is 11.3. The molecule has 0 atom stereocenters. The Morgan fingerprint density at radius 1 is 1.00 bits per heavy atom. The summed E-state index contributed by atoms with van der Waals surface area (Å²) in [5, 5.41) is 0.491. The van der Waals surface area contributed by atoms with Gasteiger partial charge in [0.15, 0.2) is 0 Å². The molecule has 0 unspecified atom stereocenters. The van der Waals surface area contributed by atoms with E-state index in [2.05, 4.69) is 4.72 Å². The minimum Gasteiger partial charge on any atom is -0.572 e. The highest BCUT2D eigenvalue weighted by molar-refractivity contribution is 7.94. The van der Waals surface area contributed by atoms with Crippen molar-refractivity contribution in [2.24, 2.45) is 0 Å². The number of halogens is 1. The molecule has 2 aromatic rings. The number of nitrogens with zero attached hydrogens (tertiary/aromatic N) is 1.